The molecule has 1 aromatic carbocycles. The quantitative estimate of drug-likeness (QED) is 0.502. The number of nitrogens with one attached hydrogen (secondary N) is 1. The number of benzene rings is 1. The summed E-state index contributed by atoms with van der Waals surface area (Å²) < 4.78 is 48.3. The lowest BCUT2D eigenvalue weighted by Crippen LogP contribution is -2.30. The zero-order valence-electron chi connectivity index (χ0n) is 13.7. The minimum Gasteiger partial charge on any atom is -0.378 e. The molecule has 0 saturated heterocycles. The van der Waals surface area contributed by atoms with Gasteiger partial charge in [-0.05, 0) is 12.1 Å². The van der Waals surface area contributed by atoms with E-state index in [0.29, 0.717) is 0 Å². The van der Waals surface area contributed by atoms with Crippen molar-refractivity contribution in [3.63, 3.8) is 0 Å². The standard InChI is InChI=1S/C13H21N3O6S2/c1-4-15(5-2)24(21,22)11-6-7-12(13(10-11)16(17)18)14-8-9-23(3,19)20/h6-7,10,14H,4-5,8-9H2,1-3H3. The molecule has 0 heterocycles. The van der Waals surface area contributed by atoms with Crippen molar-refractivity contribution in [2.24, 2.45) is 0 Å². The van der Waals surface area contributed by atoms with E-state index in [4.69, 9.17) is 0 Å². The number of nitro benzene ring substituents is 1. The summed E-state index contributed by atoms with van der Waals surface area (Å²) in [7, 11) is -7.02. The summed E-state index contributed by atoms with van der Waals surface area (Å²) in [4.78, 5) is 10.3. The molecule has 0 aliphatic carbocycles. The Bertz CT molecular complexity index is 801. The molecule has 0 spiro atoms. The molecule has 0 atom stereocenters. The number of sulfonamides is 1. The number of hydrogen-bond acceptors (Lipinski definition) is 7. The van der Waals surface area contributed by atoms with Gasteiger partial charge >= 0.3 is 0 Å². The Kier molecular flexibility index (Phi) is 6.69. The molecule has 0 saturated carbocycles. The molecule has 9 nitrogen and oxygen atoms in total. The Morgan fingerprint density at radius 3 is 2.21 bits per heavy atom. The summed E-state index contributed by atoms with van der Waals surface area (Å²) in [6.07, 6.45) is 1.06. The third kappa shape index (κ3) is 5.14. The summed E-state index contributed by atoms with van der Waals surface area (Å²) in [5.74, 6) is -0.191. The first-order valence-electron chi connectivity index (χ1n) is 7.23. The van der Waals surface area contributed by atoms with Crippen molar-refractivity contribution in [3.05, 3.63) is 28.3 Å². The average Bonchev–Trinajstić information content (AvgIpc) is 2.46. The van der Waals surface area contributed by atoms with E-state index < -0.39 is 30.5 Å². The third-order valence-corrected chi connectivity index (χ3v) is 6.29. The second-order valence-corrected chi connectivity index (χ2v) is 9.28. The Hall–Kier alpha value is -1.72. The van der Waals surface area contributed by atoms with E-state index in [-0.39, 0.29) is 36.0 Å². The molecule has 0 aliphatic rings. The van der Waals surface area contributed by atoms with Gasteiger partial charge in [-0.3, -0.25) is 10.1 Å². The van der Waals surface area contributed by atoms with Crippen LogP contribution < -0.4 is 5.32 Å². The SMILES string of the molecule is CCN(CC)S(=O)(=O)c1ccc(NCCS(C)(=O)=O)c([N+](=O)[O-])c1. The van der Waals surface area contributed by atoms with Gasteiger partial charge in [0.25, 0.3) is 5.69 Å². The van der Waals surface area contributed by atoms with Gasteiger partial charge in [0.05, 0.1) is 15.6 Å². The predicted molar refractivity (Wildman–Crippen MR) is 91.4 cm³/mol. The monoisotopic (exact) mass is 379 g/mol. The normalized spacial score (nSPS) is 12.3. The molecule has 0 aromatic heterocycles. The van der Waals surface area contributed by atoms with Crippen LogP contribution in [0.1, 0.15) is 13.8 Å². The fourth-order valence-corrected chi connectivity index (χ4v) is 4.01. The molecule has 0 bridgehead atoms. The van der Waals surface area contributed by atoms with Crippen LogP contribution in [0.4, 0.5) is 11.4 Å². The van der Waals surface area contributed by atoms with Crippen molar-refractivity contribution in [1.82, 2.24) is 4.31 Å². The highest BCUT2D eigenvalue weighted by molar-refractivity contribution is 7.90. The first-order chi connectivity index (χ1) is 11.0. The summed E-state index contributed by atoms with van der Waals surface area (Å²) in [6, 6.07) is 3.52. The largest absolute Gasteiger partial charge is 0.378 e. The fourth-order valence-electron chi connectivity index (χ4n) is 2.06. The van der Waals surface area contributed by atoms with Crippen LogP contribution >= 0.6 is 0 Å². The molecule has 11 heteroatoms. The van der Waals surface area contributed by atoms with Crippen LogP contribution in [0.25, 0.3) is 0 Å². The highest BCUT2D eigenvalue weighted by Gasteiger charge is 2.25. The molecule has 1 aromatic rings. The van der Waals surface area contributed by atoms with Crippen LogP contribution in [0.2, 0.25) is 0 Å². The maximum atomic E-state index is 12.4. The second-order valence-electron chi connectivity index (χ2n) is 5.08. The zero-order valence-corrected chi connectivity index (χ0v) is 15.4. The number of hydrogen-bond donors (Lipinski definition) is 1. The number of rotatable bonds is 9. The van der Waals surface area contributed by atoms with E-state index in [1.807, 2.05) is 0 Å². The molecule has 0 unspecified atom stereocenters. The molecule has 1 N–H and O–H groups in total. The van der Waals surface area contributed by atoms with Crippen LogP contribution in [0.15, 0.2) is 23.1 Å². The van der Waals surface area contributed by atoms with E-state index >= 15 is 0 Å². The van der Waals surface area contributed by atoms with Crippen molar-refractivity contribution >= 4 is 31.2 Å². The number of sulfone groups is 1. The van der Waals surface area contributed by atoms with Gasteiger partial charge in [0.1, 0.15) is 15.5 Å². The summed E-state index contributed by atoms with van der Waals surface area (Å²) in [6.45, 7) is 3.84. The lowest BCUT2D eigenvalue weighted by molar-refractivity contribution is -0.384. The van der Waals surface area contributed by atoms with Crippen molar-refractivity contribution in [2.75, 3.05) is 37.0 Å². The minimum atomic E-state index is -3.81. The average molecular weight is 379 g/mol. The van der Waals surface area contributed by atoms with Crippen LogP contribution in [-0.4, -0.2) is 57.7 Å². The fraction of sp³-hybridized carbons (Fsp3) is 0.538. The second kappa shape index (κ2) is 7.90. The molecule has 0 amide bonds. The van der Waals surface area contributed by atoms with Crippen molar-refractivity contribution in [2.45, 2.75) is 18.7 Å². The maximum Gasteiger partial charge on any atom is 0.293 e. The summed E-state index contributed by atoms with van der Waals surface area (Å²) >= 11 is 0. The van der Waals surface area contributed by atoms with Gasteiger partial charge in [-0.2, -0.15) is 4.31 Å². The van der Waals surface area contributed by atoms with Gasteiger partial charge in [-0.25, -0.2) is 16.8 Å². The highest BCUT2D eigenvalue weighted by Crippen LogP contribution is 2.28. The predicted octanol–water partition coefficient (Wildman–Crippen LogP) is 1.08. The number of nitro groups is 1. The highest BCUT2D eigenvalue weighted by atomic mass is 32.2. The summed E-state index contributed by atoms with van der Waals surface area (Å²) in [5.41, 5.74) is -0.348. The van der Waals surface area contributed by atoms with Crippen LogP contribution in [-0.2, 0) is 19.9 Å². The lowest BCUT2D eigenvalue weighted by atomic mass is 10.2. The Labute approximate surface area is 141 Å². The van der Waals surface area contributed by atoms with Crippen molar-refractivity contribution in [1.29, 1.82) is 0 Å². The van der Waals surface area contributed by atoms with Gasteiger partial charge in [0.2, 0.25) is 10.0 Å². The minimum absolute atomic E-state index is 0.0121. The van der Waals surface area contributed by atoms with E-state index in [9.17, 15) is 26.9 Å². The zero-order chi connectivity index (χ0) is 18.5. The van der Waals surface area contributed by atoms with E-state index in [1.54, 1.807) is 13.8 Å². The van der Waals surface area contributed by atoms with E-state index in [2.05, 4.69) is 5.32 Å². The third-order valence-electron chi connectivity index (χ3n) is 3.30. The van der Waals surface area contributed by atoms with Crippen LogP contribution in [0.5, 0.6) is 0 Å². The molecule has 0 radical (unpaired) electrons. The molecule has 1 rings (SSSR count). The Balaban J connectivity index is 3.18. The van der Waals surface area contributed by atoms with Gasteiger partial charge < -0.3 is 5.32 Å². The van der Waals surface area contributed by atoms with Crippen LogP contribution in [0.3, 0.4) is 0 Å². The first kappa shape index (κ1) is 20.3. The van der Waals surface area contributed by atoms with E-state index in [0.717, 1.165) is 12.3 Å². The van der Waals surface area contributed by atoms with E-state index in [1.165, 1.54) is 16.4 Å². The molecule has 0 fully saturated rings. The smallest absolute Gasteiger partial charge is 0.293 e. The van der Waals surface area contributed by atoms with Crippen molar-refractivity contribution < 1.29 is 21.8 Å². The molecule has 136 valence electrons. The number of nitrogens with zero attached hydrogens (tertiary/aromatic N) is 2. The molecule has 24 heavy (non-hydrogen) atoms. The first-order valence-corrected chi connectivity index (χ1v) is 10.7. The molecular weight excluding hydrogens is 358 g/mol. The lowest BCUT2D eigenvalue weighted by Gasteiger charge is -2.18. The van der Waals surface area contributed by atoms with Crippen LogP contribution in [0, 0.1) is 10.1 Å². The Morgan fingerprint density at radius 1 is 1.17 bits per heavy atom. The topological polar surface area (TPSA) is 127 Å². The molecule has 0 aliphatic heterocycles. The van der Waals surface area contributed by atoms with Crippen molar-refractivity contribution in [3.8, 4) is 0 Å². The van der Waals surface area contributed by atoms with Gasteiger partial charge in [-0.15, -0.1) is 0 Å². The Morgan fingerprint density at radius 2 is 1.75 bits per heavy atom. The van der Waals surface area contributed by atoms with Gasteiger partial charge in [0, 0.05) is 32.0 Å². The van der Waals surface area contributed by atoms with Gasteiger partial charge in [0.15, 0.2) is 0 Å². The molecular formula is C13H21N3O6S2. The maximum absolute atomic E-state index is 12.4. The summed E-state index contributed by atoms with van der Waals surface area (Å²) in [5, 5.41) is 13.9. The number of anilines is 1. The van der Waals surface area contributed by atoms with Gasteiger partial charge in [-0.1, -0.05) is 13.8 Å².